The Bertz CT molecular complexity index is 1510. The molecule has 5 rings (SSSR count). The van der Waals surface area contributed by atoms with E-state index >= 15 is 0 Å². The number of nitrogens with one attached hydrogen (secondary N) is 1. The van der Waals surface area contributed by atoms with Gasteiger partial charge >= 0.3 is 5.63 Å². The van der Waals surface area contributed by atoms with Crippen LogP contribution in [0.3, 0.4) is 0 Å². The number of hydrogen-bond acceptors (Lipinski definition) is 6. The average Bonchev–Trinajstić information content (AvgIpc) is 3.30. The van der Waals surface area contributed by atoms with Crippen molar-refractivity contribution in [1.82, 2.24) is 0 Å². The van der Waals surface area contributed by atoms with Crippen molar-refractivity contribution < 1.29 is 23.4 Å². The molecule has 0 spiro atoms. The van der Waals surface area contributed by atoms with Crippen molar-refractivity contribution in [3.63, 3.8) is 0 Å². The molecule has 3 aromatic carbocycles. The van der Waals surface area contributed by atoms with E-state index in [1.165, 1.54) is 7.11 Å². The first-order valence-corrected chi connectivity index (χ1v) is 11.5. The van der Waals surface area contributed by atoms with Crippen LogP contribution in [0.4, 0.5) is 5.69 Å². The highest BCUT2D eigenvalue weighted by atomic mass is 16.5. The quantitative estimate of drug-likeness (QED) is 0.284. The first-order valence-electron chi connectivity index (χ1n) is 11.5. The van der Waals surface area contributed by atoms with Crippen molar-refractivity contribution in [2.75, 3.05) is 19.0 Å². The molecule has 0 radical (unpaired) electrons. The lowest BCUT2D eigenvalue weighted by molar-refractivity contribution is -0.122. The number of para-hydroxylation sites is 2. The summed E-state index contributed by atoms with van der Waals surface area (Å²) in [5.41, 5.74) is 2.28. The van der Waals surface area contributed by atoms with Crippen LogP contribution in [0.15, 0.2) is 94.2 Å². The zero-order chi connectivity index (χ0) is 25.2. The first kappa shape index (κ1) is 23.2. The predicted molar refractivity (Wildman–Crippen MR) is 137 cm³/mol. The molecule has 0 fully saturated rings. The van der Waals surface area contributed by atoms with Gasteiger partial charge < -0.3 is 23.9 Å². The third-order valence-corrected chi connectivity index (χ3v) is 5.98. The van der Waals surface area contributed by atoms with Crippen LogP contribution < -0.4 is 25.2 Å². The molecule has 1 amide bonds. The standard InChI is InChI=1S/C29H25NO6/c1-17(2)16-34-22-14-13-18(15-23(22)33-3)24-25-26(20-11-7-8-12-21(20)35-29(25)32)36-27(24)28(31)30-19-9-5-4-6-10-19/h4-15,24,27H,1,16H2,2-3H3,(H,30,31)/t24-,27-/m0/s1. The highest BCUT2D eigenvalue weighted by Gasteiger charge is 2.44. The minimum absolute atomic E-state index is 0.291. The number of carbonyl (C=O) groups is 1. The number of fused-ring (bicyclic) bond motifs is 3. The van der Waals surface area contributed by atoms with E-state index in [1.807, 2.05) is 31.2 Å². The van der Waals surface area contributed by atoms with Gasteiger partial charge in [0.1, 0.15) is 17.9 Å². The molecule has 2 atom stereocenters. The molecule has 1 aromatic heterocycles. The van der Waals surface area contributed by atoms with Crippen LogP contribution in [0.25, 0.3) is 11.0 Å². The van der Waals surface area contributed by atoms with E-state index in [0.29, 0.717) is 51.6 Å². The number of methoxy groups -OCH3 is 1. The molecule has 0 bridgehead atoms. The third-order valence-electron chi connectivity index (χ3n) is 5.98. The Morgan fingerprint density at radius 1 is 1.03 bits per heavy atom. The minimum Gasteiger partial charge on any atom is -0.493 e. The molecule has 1 aliphatic heterocycles. The zero-order valence-electron chi connectivity index (χ0n) is 19.9. The van der Waals surface area contributed by atoms with Crippen LogP contribution >= 0.6 is 0 Å². The smallest absolute Gasteiger partial charge is 0.344 e. The average molecular weight is 484 g/mol. The highest BCUT2D eigenvalue weighted by molar-refractivity contribution is 5.97. The minimum atomic E-state index is -1.01. The van der Waals surface area contributed by atoms with E-state index in [-0.39, 0.29) is 5.91 Å². The molecule has 4 aromatic rings. The van der Waals surface area contributed by atoms with E-state index in [2.05, 4.69) is 11.9 Å². The van der Waals surface area contributed by atoms with Gasteiger partial charge in [-0.05, 0) is 54.5 Å². The second-order valence-corrected chi connectivity index (χ2v) is 8.66. The Kier molecular flexibility index (Phi) is 6.21. The van der Waals surface area contributed by atoms with Crippen LogP contribution in [0, 0.1) is 0 Å². The summed E-state index contributed by atoms with van der Waals surface area (Å²) >= 11 is 0. The predicted octanol–water partition coefficient (Wildman–Crippen LogP) is 5.29. The van der Waals surface area contributed by atoms with E-state index < -0.39 is 17.6 Å². The Balaban J connectivity index is 1.62. The van der Waals surface area contributed by atoms with Crippen molar-refractivity contribution in [3.8, 4) is 17.2 Å². The number of benzene rings is 3. The number of anilines is 1. The van der Waals surface area contributed by atoms with Gasteiger partial charge in [-0.15, -0.1) is 0 Å². The van der Waals surface area contributed by atoms with Crippen molar-refractivity contribution in [2.24, 2.45) is 0 Å². The third kappa shape index (κ3) is 4.31. The summed E-state index contributed by atoms with van der Waals surface area (Å²) in [6.07, 6.45) is -1.01. The lowest BCUT2D eigenvalue weighted by atomic mass is 9.88. The fraction of sp³-hybridized carbons (Fsp3) is 0.172. The second-order valence-electron chi connectivity index (χ2n) is 8.66. The van der Waals surface area contributed by atoms with Crippen molar-refractivity contribution >= 4 is 22.6 Å². The second kappa shape index (κ2) is 9.62. The molecule has 7 heteroatoms. The van der Waals surface area contributed by atoms with Crippen molar-refractivity contribution in [1.29, 1.82) is 0 Å². The number of amides is 1. The maximum atomic E-state index is 13.5. The zero-order valence-corrected chi connectivity index (χ0v) is 19.9. The van der Waals surface area contributed by atoms with Crippen molar-refractivity contribution in [2.45, 2.75) is 18.9 Å². The Morgan fingerprint density at radius 2 is 1.78 bits per heavy atom. The summed E-state index contributed by atoms with van der Waals surface area (Å²) < 4.78 is 23.2. The molecule has 0 saturated carbocycles. The largest absolute Gasteiger partial charge is 0.493 e. The normalized spacial score (nSPS) is 16.2. The summed E-state index contributed by atoms with van der Waals surface area (Å²) in [7, 11) is 1.54. The van der Waals surface area contributed by atoms with Gasteiger partial charge in [0.2, 0.25) is 0 Å². The van der Waals surface area contributed by atoms with E-state index in [9.17, 15) is 9.59 Å². The van der Waals surface area contributed by atoms with Crippen LogP contribution in [0.2, 0.25) is 0 Å². The molecule has 36 heavy (non-hydrogen) atoms. The Morgan fingerprint density at radius 3 is 2.53 bits per heavy atom. The Labute approximate surface area is 207 Å². The maximum Gasteiger partial charge on any atom is 0.344 e. The van der Waals surface area contributed by atoms with Crippen LogP contribution in [-0.4, -0.2) is 25.7 Å². The SMILES string of the molecule is C=C(C)COc1ccc([C@H]2c3c(c4ccccc4oc3=O)O[C@@H]2C(=O)Nc2ccccc2)cc1OC. The van der Waals surface area contributed by atoms with Gasteiger partial charge in [0.25, 0.3) is 5.91 Å². The molecule has 1 N–H and O–H groups in total. The topological polar surface area (TPSA) is 87.0 Å². The summed E-state index contributed by atoms with van der Waals surface area (Å²) in [6, 6.07) is 21.5. The van der Waals surface area contributed by atoms with Crippen LogP contribution in [0.1, 0.15) is 24.0 Å². The van der Waals surface area contributed by atoms with Crippen LogP contribution in [-0.2, 0) is 4.79 Å². The van der Waals surface area contributed by atoms with Crippen molar-refractivity contribution in [3.05, 3.63) is 106 Å². The lowest BCUT2D eigenvalue weighted by Crippen LogP contribution is -2.35. The van der Waals surface area contributed by atoms with Gasteiger partial charge in [-0.3, -0.25) is 4.79 Å². The molecule has 0 aliphatic carbocycles. The van der Waals surface area contributed by atoms with Gasteiger partial charge in [0.15, 0.2) is 17.6 Å². The van der Waals surface area contributed by atoms with E-state index in [0.717, 1.165) is 5.57 Å². The number of hydrogen-bond donors (Lipinski definition) is 1. The molecule has 182 valence electrons. The molecule has 1 aliphatic rings. The van der Waals surface area contributed by atoms with Gasteiger partial charge in [-0.1, -0.05) is 43.0 Å². The molecular weight excluding hydrogens is 458 g/mol. The monoisotopic (exact) mass is 483 g/mol. The fourth-order valence-corrected chi connectivity index (χ4v) is 4.36. The summed E-state index contributed by atoms with van der Waals surface area (Å²) in [4.78, 5) is 26.7. The first-order chi connectivity index (χ1) is 17.5. The van der Waals surface area contributed by atoms with Gasteiger partial charge in [0.05, 0.1) is 24.0 Å². The fourth-order valence-electron chi connectivity index (χ4n) is 4.36. The molecule has 0 unspecified atom stereocenters. The lowest BCUT2D eigenvalue weighted by Gasteiger charge is -2.20. The van der Waals surface area contributed by atoms with E-state index in [4.69, 9.17) is 18.6 Å². The molecular formula is C29H25NO6. The van der Waals surface area contributed by atoms with Crippen LogP contribution in [0.5, 0.6) is 17.2 Å². The maximum absolute atomic E-state index is 13.5. The van der Waals surface area contributed by atoms with Gasteiger partial charge in [0, 0.05) is 5.69 Å². The molecule has 0 saturated heterocycles. The Hall–Kier alpha value is -4.52. The summed E-state index contributed by atoms with van der Waals surface area (Å²) in [5, 5.41) is 3.52. The van der Waals surface area contributed by atoms with Gasteiger partial charge in [-0.2, -0.15) is 0 Å². The number of rotatable bonds is 7. The molecule has 2 heterocycles. The van der Waals surface area contributed by atoms with Gasteiger partial charge in [-0.25, -0.2) is 4.79 Å². The molecule has 7 nitrogen and oxygen atoms in total. The number of carbonyl (C=O) groups excluding carboxylic acids is 1. The number of ether oxygens (including phenoxy) is 3. The summed E-state index contributed by atoms with van der Waals surface area (Å²) in [6.45, 7) is 6.06. The summed E-state index contributed by atoms with van der Waals surface area (Å²) in [5.74, 6) is 0.233. The van der Waals surface area contributed by atoms with E-state index in [1.54, 1.807) is 48.5 Å². The highest BCUT2D eigenvalue weighted by Crippen LogP contribution is 2.46.